The van der Waals surface area contributed by atoms with Crippen LogP contribution in [0.4, 0.5) is 0 Å². The van der Waals surface area contributed by atoms with Gasteiger partial charge >= 0.3 is 5.76 Å². The van der Waals surface area contributed by atoms with Crippen molar-refractivity contribution in [2.45, 2.75) is 25.9 Å². The molecule has 2 aromatic heterocycles. The first-order valence-corrected chi connectivity index (χ1v) is 6.63. The highest BCUT2D eigenvalue weighted by Crippen LogP contribution is 2.23. The lowest BCUT2D eigenvalue weighted by molar-refractivity contribution is 0.489. The Hall–Kier alpha value is -2.27. The molecule has 0 radical (unpaired) electrons. The van der Waals surface area contributed by atoms with E-state index < -0.39 is 0 Å². The van der Waals surface area contributed by atoms with E-state index >= 15 is 0 Å². The smallest absolute Gasteiger partial charge is 0.419 e. The van der Waals surface area contributed by atoms with Crippen LogP contribution in [-0.2, 0) is 6.54 Å². The molecule has 3 rings (SSSR count). The van der Waals surface area contributed by atoms with Crippen molar-refractivity contribution < 1.29 is 8.83 Å². The number of aryl methyl sites for hydroxylation is 1. The molecule has 20 heavy (non-hydrogen) atoms. The van der Waals surface area contributed by atoms with Crippen LogP contribution in [0.2, 0.25) is 0 Å². The summed E-state index contributed by atoms with van der Waals surface area (Å²) in [6.45, 7) is 2.67. The zero-order chi connectivity index (χ0) is 14.1. The van der Waals surface area contributed by atoms with Gasteiger partial charge in [-0.05, 0) is 36.2 Å². The molecule has 0 fully saturated rings. The molecule has 0 amide bonds. The third-order valence-corrected chi connectivity index (χ3v) is 3.35. The highest BCUT2D eigenvalue weighted by molar-refractivity contribution is 5.74. The first-order chi connectivity index (χ1) is 9.70. The van der Waals surface area contributed by atoms with E-state index in [0.29, 0.717) is 17.9 Å². The Morgan fingerprint density at radius 1 is 1.35 bits per heavy atom. The Labute approximate surface area is 115 Å². The standard InChI is InChI=1S/C15H16N2O3/c1-2-7-17-11-6-5-10(9-13(11)20-15(17)18)14(16)12-4-3-8-19-12/h3-6,8-9,14H,2,7,16H2,1H3. The topological polar surface area (TPSA) is 74.3 Å². The first-order valence-electron chi connectivity index (χ1n) is 6.63. The first kappa shape index (κ1) is 12.7. The summed E-state index contributed by atoms with van der Waals surface area (Å²) in [6.07, 6.45) is 2.47. The average molecular weight is 272 g/mol. The summed E-state index contributed by atoms with van der Waals surface area (Å²) in [7, 11) is 0. The fourth-order valence-corrected chi connectivity index (χ4v) is 2.34. The third-order valence-electron chi connectivity index (χ3n) is 3.35. The van der Waals surface area contributed by atoms with Crippen LogP contribution in [0, 0.1) is 0 Å². The van der Waals surface area contributed by atoms with Gasteiger partial charge in [-0.25, -0.2) is 4.79 Å². The van der Waals surface area contributed by atoms with E-state index in [0.717, 1.165) is 17.5 Å². The van der Waals surface area contributed by atoms with Crippen molar-refractivity contribution in [2.24, 2.45) is 5.73 Å². The lowest BCUT2D eigenvalue weighted by Crippen LogP contribution is -2.13. The molecule has 0 saturated heterocycles. The molecule has 5 nitrogen and oxygen atoms in total. The second kappa shape index (κ2) is 5.02. The highest BCUT2D eigenvalue weighted by Gasteiger charge is 2.15. The maximum Gasteiger partial charge on any atom is 0.419 e. The summed E-state index contributed by atoms with van der Waals surface area (Å²) in [5.74, 6) is 0.352. The monoisotopic (exact) mass is 272 g/mol. The molecule has 5 heteroatoms. The van der Waals surface area contributed by atoms with Crippen molar-refractivity contribution >= 4 is 11.1 Å². The lowest BCUT2D eigenvalue weighted by Gasteiger charge is -2.08. The zero-order valence-corrected chi connectivity index (χ0v) is 11.2. The van der Waals surface area contributed by atoms with E-state index in [4.69, 9.17) is 14.6 Å². The Balaban J connectivity index is 2.06. The summed E-state index contributed by atoms with van der Waals surface area (Å²) >= 11 is 0. The van der Waals surface area contributed by atoms with Crippen LogP contribution < -0.4 is 11.5 Å². The maximum absolute atomic E-state index is 11.8. The van der Waals surface area contributed by atoms with Crippen LogP contribution in [0.25, 0.3) is 11.1 Å². The molecular formula is C15H16N2O3. The van der Waals surface area contributed by atoms with E-state index in [-0.39, 0.29) is 11.8 Å². The van der Waals surface area contributed by atoms with E-state index in [1.807, 2.05) is 25.1 Å². The number of rotatable bonds is 4. The lowest BCUT2D eigenvalue weighted by atomic mass is 10.1. The van der Waals surface area contributed by atoms with Gasteiger partial charge in [-0.3, -0.25) is 4.57 Å². The summed E-state index contributed by atoms with van der Waals surface area (Å²) < 4.78 is 12.2. The molecule has 2 heterocycles. The van der Waals surface area contributed by atoms with Gasteiger partial charge in [0.05, 0.1) is 17.8 Å². The Morgan fingerprint density at radius 3 is 2.90 bits per heavy atom. The van der Waals surface area contributed by atoms with E-state index in [9.17, 15) is 4.79 Å². The molecule has 1 unspecified atom stereocenters. The zero-order valence-electron chi connectivity index (χ0n) is 11.2. The fourth-order valence-electron chi connectivity index (χ4n) is 2.34. The summed E-state index contributed by atoms with van der Waals surface area (Å²) in [4.78, 5) is 11.8. The van der Waals surface area contributed by atoms with E-state index in [2.05, 4.69) is 0 Å². The van der Waals surface area contributed by atoms with Gasteiger partial charge in [0.1, 0.15) is 5.76 Å². The normalized spacial score (nSPS) is 12.9. The average Bonchev–Trinajstić information content (AvgIpc) is 3.07. The van der Waals surface area contributed by atoms with Crippen LogP contribution in [0.3, 0.4) is 0 Å². The van der Waals surface area contributed by atoms with Crippen molar-refractivity contribution in [1.82, 2.24) is 4.57 Å². The van der Waals surface area contributed by atoms with E-state index in [1.165, 1.54) is 0 Å². The molecular weight excluding hydrogens is 256 g/mol. The second-order valence-corrected chi connectivity index (χ2v) is 4.74. The van der Waals surface area contributed by atoms with Crippen LogP contribution in [0.15, 0.2) is 50.2 Å². The number of nitrogens with two attached hydrogens (primary N) is 1. The molecule has 104 valence electrons. The fraction of sp³-hybridized carbons (Fsp3) is 0.267. The molecule has 0 bridgehead atoms. The molecule has 0 aliphatic rings. The SMILES string of the molecule is CCCn1c(=O)oc2cc(C(N)c3ccco3)ccc21. The van der Waals surface area contributed by atoms with Crippen molar-refractivity contribution in [2.75, 3.05) is 0 Å². The predicted molar refractivity (Wildman–Crippen MR) is 75.5 cm³/mol. The van der Waals surface area contributed by atoms with Gasteiger partial charge in [-0.2, -0.15) is 0 Å². The molecule has 0 saturated carbocycles. The summed E-state index contributed by atoms with van der Waals surface area (Å²) in [6, 6.07) is 8.83. The molecule has 2 N–H and O–H groups in total. The number of benzene rings is 1. The number of aromatic nitrogens is 1. The Kier molecular flexibility index (Phi) is 3.20. The van der Waals surface area contributed by atoms with Crippen LogP contribution in [0.1, 0.15) is 30.7 Å². The van der Waals surface area contributed by atoms with Crippen molar-refractivity contribution in [3.63, 3.8) is 0 Å². The number of hydrogen-bond donors (Lipinski definition) is 1. The van der Waals surface area contributed by atoms with Gasteiger partial charge in [0.2, 0.25) is 0 Å². The van der Waals surface area contributed by atoms with Gasteiger partial charge in [0, 0.05) is 6.54 Å². The van der Waals surface area contributed by atoms with Gasteiger partial charge in [-0.15, -0.1) is 0 Å². The van der Waals surface area contributed by atoms with E-state index in [1.54, 1.807) is 23.0 Å². The van der Waals surface area contributed by atoms with Gasteiger partial charge < -0.3 is 14.6 Å². The Morgan fingerprint density at radius 2 is 2.20 bits per heavy atom. The van der Waals surface area contributed by atoms with Crippen LogP contribution in [0.5, 0.6) is 0 Å². The number of nitrogens with zero attached hydrogens (tertiary/aromatic N) is 1. The van der Waals surface area contributed by atoms with Crippen molar-refractivity contribution in [1.29, 1.82) is 0 Å². The third kappa shape index (κ3) is 2.06. The minimum atomic E-state index is -0.366. The highest BCUT2D eigenvalue weighted by atomic mass is 16.4. The van der Waals surface area contributed by atoms with Crippen LogP contribution in [-0.4, -0.2) is 4.57 Å². The van der Waals surface area contributed by atoms with Crippen molar-refractivity contribution in [3.05, 3.63) is 58.5 Å². The van der Waals surface area contributed by atoms with Gasteiger partial charge in [0.25, 0.3) is 0 Å². The molecule has 0 aliphatic heterocycles. The number of fused-ring (bicyclic) bond motifs is 1. The largest absolute Gasteiger partial charge is 0.467 e. The van der Waals surface area contributed by atoms with Crippen LogP contribution >= 0.6 is 0 Å². The summed E-state index contributed by atoms with van der Waals surface area (Å²) in [5.41, 5.74) is 8.34. The molecule has 3 aromatic rings. The number of furan rings is 1. The van der Waals surface area contributed by atoms with Gasteiger partial charge in [-0.1, -0.05) is 13.0 Å². The molecule has 1 aromatic carbocycles. The molecule has 0 spiro atoms. The Bertz CT molecular complexity index is 768. The van der Waals surface area contributed by atoms with Crippen molar-refractivity contribution in [3.8, 4) is 0 Å². The number of hydrogen-bond acceptors (Lipinski definition) is 4. The predicted octanol–water partition coefficient (Wildman–Crippen LogP) is 2.65. The quantitative estimate of drug-likeness (QED) is 0.792. The number of oxazole rings is 1. The second-order valence-electron chi connectivity index (χ2n) is 4.74. The van der Waals surface area contributed by atoms with Gasteiger partial charge in [0.15, 0.2) is 5.58 Å². The molecule has 0 aliphatic carbocycles. The summed E-state index contributed by atoms with van der Waals surface area (Å²) in [5, 5.41) is 0. The molecule has 1 atom stereocenters. The minimum absolute atomic E-state index is 0.328. The minimum Gasteiger partial charge on any atom is -0.467 e. The maximum atomic E-state index is 11.8.